The third kappa shape index (κ3) is 4.82. The maximum Gasteiger partial charge on any atom is 0.217 e. The first-order valence-electron chi connectivity index (χ1n) is 5.45. The van der Waals surface area contributed by atoms with E-state index in [0.717, 1.165) is 5.56 Å². The van der Waals surface area contributed by atoms with Crippen LogP contribution in [0.25, 0.3) is 0 Å². The van der Waals surface area contributed by atoms with Gasteiger partial charge in [0.2, 0.25) is 5.91 Å². The largest absolute Gasteiger partial charge is 0.494 e. The molecule has 0 spiro atoms. The van der Waals surface area contributed by atoms with Crippen molar-refractivity contribution < 1.29 is 13.9 Å². The summed E-state index contributed by atoms with van der Waals surface area (Å²) in [5, 5.41) is 3.11. The van der Waals surface area contributed by atoms with Crippen LogP contribution in [0.4, 0.5) is 4.39 Å². The van der Waals surface area contributed by atoms with E-state index in [9.17, 15) is 9.18 Å². The van der Waals surface area contributed by atoms with Gasteiger partial charge in [-0.2, -0.15) is 0 Å². The summed E-state index contributed by atoms with van der Waals surface area (Å²) in [4.78, 5) is 10.5. The first-order valence-corrected chi connectivity index (χ1v) is 5.45. The number of nitrogens with one attached hydrogen (secondary N) is 1. The van der Waals surface area contributed by atoms with Gasteiger partial charge in [-0.05, 0) is 30.7 Å². The molecule has 1 aromatic carbocycles. The summed E-state index contributed by atoms with van der Waals surface area (Å²) in [5.74, 6) is -0.436. The molecule has 0 aromatic heterocycles. The monoisotopic (exact) mass is 240 g/mol. The first kappa shape index (κ1) is 13.4. The molecule has 94 valence electrons. The van der Waals surface area contributed by atoms with Gasteiger partial charge >= 0.3 is 0 Å². The van der Waals surface area contributed by atoms with Gasteiger partial charge in [0.1, 0.15) is 0 Å². The zero-order valence-electron chi connectivity index (χ0n) is 9.83. The highest BCUT2D eigenvalue weighted by Gasteiger charge is 2.02. The standard InChI is InChI=1S/C12H17FN2O2/c1-17-11-5-4-9(7-10(11)13)8-15-6-2-3-12(14)16/h4-5,7,15H,2-3,6,8H2,1H3,(H2,14,16). The van der Waals surface area contributed by atoms with E-state index in [2.05, 4.69) is 5.32 Å². The number of methoxy groups -OCH3 is 1. The lowest BCUT2D eigenvalue weighted by Gasteiger charge is -2.06. The number of primary amides is 1. The number of amides is 1. The fraction of sp³-hybridized carbons (Fsp3) is 0.417. The zero-order chi connectivity index (χ0) is 12.7. The van der Waals surface area contributed by atoms with Crippen LogP contribution in [0.2, 0.25) is 0 Å². The van der Waals surface area contributed by atoms with Crippen molar-refractivity contribution >= 4 is 5.91 Å². The van der Waals surface area contributed by atoms with E-state index < -0.39 is 0 Å². The second-order valence-corrected chi connectivity index (χ2v) is 3.72. The number of halogens is 1. The molecule has 0 bridgehead atoms. The van der Waals surface area contributed by atoms with Gasteiger partial charge in [0.15, 0.2) is 11.6 Å². The topological polar surface area (TPSA) is 64.3 Å². The molecule has 4 nitrogen and oxygen atoms in total. The van der Waals surface area contributed by atoms with Crippen LogP contribution in [-0.2, 0) is 11.3 Å². The zero-order valence-corrected chi connectivity index (χ0v) is 9.83. The van der Waals surface area contributed by atoms with Gasteiger partial charge in [0.05, 0.1) is 7.11 Å². The third-order valence-corrected chi connectivity index (χ3v) is 2.32. The molecule has 1 aromatic rings. The van der Waals surface area contributed by atoms with Crippen molar-refractivity contribution in [3.05, 3.63) is 29.6 Å². The molecule has 0 saturated heterocycles. The van der Waals surface area contributed by atoms with Crippen molar-refractivity contribution in [1.82, 2.24) is 5.32 Å². The lowest BCUT2D eigenvalue weighted by atomic mass is 10.2. The van der Waals surface area contributed by atoms with Gasteiger partial charge < -0.3 is 15.8 Å². The number of rotatable bonds is 7. The molecule has 1 rings (SSSR count). The van der Waals surface area contributed by atoms with Crippen molar-refractivity contribution in [2.24, 2.45) is 5.73 Å². The Bertz CT molecular complexity index is 383. The Morgan fingerprint density at radius 2 is 2.29 bits per heavy atom. The molecule has 0 fully saturated rings. The number of carbonyl (C=O) groups is 1. The number of hydrogen-bond acceptors (Lipinski definition) is 3. The number of nitrogens with two attached hydrogens (primary N) is 1. The van der Waals surface area contributed by atoms with Gasteiger partial charge in [0, 0.05) is 13.0 Å². The average Bonchev–Trinajstić information content (AvgIpc) is 2.28. The number of carbonyl (C=O) groups excluding carboxylic acids is 1. The van der Waals surface area contributed by atoms with E-state index in [-0.39, 0.29) is 17.5 Å². The number of ether oxygens (including phenoxy) is 1. The molecule has 0 unspecified atom stereocenters. The van der Waals surface area contributed by atoms with E-state index in [1.165, 1.54) is 13.2 Å². The maximum atomic E-state index is 13.3. The summed E-state index contributed by atoms with van der Waals surface area (Å²) in [7, 11) is 1.43. The molecule has 0 aliphatic carbocycles. The Labute approximate surface area is 100.0 Å². The molecule has 3 N–H and O–H groups in total. The van der Waals surface area contributed by atoms with Crippen LogP contribution < -0.4 is 15.8 Å². The van der Waals surface area contributed by atoms with Crippen molar-refractivity contribution in [3.8, 4) is 5.75 Å². The number of benzene rings is 1. The normalized spacial score (nSPS) is 10.2. The van der Waals surface area contributed by atoms with Crippen LogP contribution in [-0.4, -0.2) is 19.6 Å². The van der Waals surface area contributed by atoms with E-state index in [1.807, 2.05) is 0 Å². The van der Waals surface area contributed by atoms with Crippen molar-refractivity contribution in [2.75, 3.05) is 13.7 Å². The highest BCUT2D eigenvalue weighted by Crippen LogP contribution is 2.17. The fourth-order valence-electron chi connectivity index (χ4n) is 1.44. The smallest absolute Gasteiger partial charge is 0.217 e. The van der Waals surface area contributed by atoms with E-state index >= 15 is 0 Å². The summed E-state index contributed by atoms with van der Waals surface area (Å²) in [6.07, 6.45) is 1.05. The molecule has 5 heteroatoms. The highest BCUT2D eigenvalue weighted by atomic mass is 19.1. The van der Waals surface area contributed by atoms with Crippen molar-refractivity contribution in [3.63, 3.8) is 0 Å². The van der Waals surface area contributed by atoms with Crippen molar-refractivity contribution in [2.45, 2.75) is 19.4 Å². The van der Waals surface area contributed by atoms with E-state index in [0.29, 0.717) is 25.9 Å². The van der Waals surface area contributed by atoms with Crippen LogP contribution in [0.1, 0.15) is 18.4 Å². The van der Waals surface area contributed by atoms with Crippen molar-refractivity contribution in [1.29, 1.82) is 0 Å². The molecule has 17 heavy (non-hydrogen) atoms. The summed E-state index contributed by atoms with van der Waals surface area (Å²) in [6.45, 7) is 1.23. The molecule has 1 amide bonds. The average molecular weight is 240 g/mol. The Balaban J connectivity index is 2.32. The van der Waals surface area contributed by atoms with Crippen LogP contribution >= 0.6 is 0 Å². The predicted molar refractivity (Wildman–Crippen MR) is 63.1 cm³/mol. The molecule has 0 heterocycles. The molecular weight excluding hydrogens is 223 g/mol. The summed E-state index contributed by atoms with van der Waals surface area (Å²) >= 11 is 0. The molecule has 0 atom stereocenters. The van der Waals surface area contributed by atoms with Gasteiger partial charge in [-0.25, -0.2) is 4.39 Å². The highest BCUT2D eigenvalue weighted by molar-refractivity contribution is 5.73. The third-order valence-electron chi connectivity index (χ3n) is 2.32. The van der Waals surface area contributed by atoms with Crippen LogP contribution in [0.3, 0.4) is 0 Å². The van der Waals surface area contributed by atoms with Gasteiger partial charge in [0.25, 0.3) is 0 Å². The van der Waals surface area contributed by atoms with E-state index in [1.54, 1.807) is 12.1 Å². The molecule has 0 aliphatic heterocycles. The van der Waals surface area contributed by atoms with Gasteiger partial charge in [-0.3, -0.25) is 4.79 Å². The second-order valence-electron chi connectivity index (χ2n) is 3.72. The Morgan fingerprint density at radius 1 is 1.53 bits per heavy atom. The minimum Gasteiger partial charge on any atom is -0.494 e. The van der Waals surface area contributed by atoms with Crippen LogP contribution in [0.5, 0.6) is 5.75 Å². The first-order chi connectivity index (χ1) is 8.13. The SMILES string of the molecule is COc1ccc(CNCCCC(N)=O)cc1F. The minimum atomic E-state index is -0.371. The van der Waals surface area contributed by atoms with E-state index in [4.69, 9.17) is 10.5 Å². The van der Waals surface area contributed by atoms with Crippen LogP contribution in [0, 0.1) is 5.82 Å². The lowest BCUT2D eigenvalue weighted by molar-refractivity contribution is -0.118. The van der Waals surface area contributed by atoms with Crippen LogP contribution in [0.15, 0.2) is 18.2 Å². The Kier molecular flexibility index (Phi) is 5.42. The quantitative estimate of drug-likeness (QED) is 0.704. The van der Waals surface area contributed by atoms with Gasteiger partial charge in [-0.1, -0.05) is 6.07 Å². The maximum absolute atomic E-state index is 13.3. The predicted octanol–water partition coefficient (Wildman–Crippen LogP) is 1.19. The fourth-order valence-corrected chi connectivity index (χ4v) is 1.44. The minimum absolute atomic E-state index is 0.238. The Morgan fingerprint density at radius 3 is 2.88 bits per heavy atom. The Hall–Kier alpha value is -1.62. The summed E-state index contributed by atoms with van der Waals surface area (Å²) in [5.41, 5.74) is 5.84. The molecule has 0 radical (unpaired) electrons. The van der Waals surface area contributed by atoms with Gasteiger partial charge in [-0.15, -0.1) is 0 Å². The molecular formula is C12H17FN2O2. The number of hydrogen-bond donors (Lipinski definition) is 2. The summed E-state index contributed by atoms with van der Waals surface area (Å²) < 4.78 is 18.1. The second kappa shape index (κ2) is 6.85. The molecule has 0 saturated carbocycles. The summed E-state index contributed by atoms with van der Waals surface area (Å²) in [6, 6.07) is 4.82. The lowest BCUT2D eigenvalue weighted by Crippen LogP contribution is -2.18. The molecule has 0 aliphatic rings.